The number of nitrogens with two attached hydrogens (primary N) is 1. The van der Waals surface area contributed by atoms with Crippen LogP contribution in [-0.2, 0) is 4.74 Å². The number of amides is 1. The second kappa shape index (κ2) is 9.09. The molecular weight excluding hydrogens is 395 g/mol. The fraction of sp³-hybridized carbons (Fsp3) is 0.300. The van der Waals surface area contributed by atoms with Crippen molar-refractivity contribution in [1.82, 2.24) is 4.98 Å². The lowest BCUT2D eigenvalue weighted by molar-refractivity contribution is -0.384. The number of carbonyl (C=O) groups excluding carboxylic acids is 1. The maximum atomic E-state index is 13.4. The number of benzene rings is 1. The van der Waals surface area contributed by atoms with E-state index in [0.29, 0.717) is 0 Å². The van der Waals surface area contributed by atoms with Crippen LogP contribution in [0.4, 0.5) is 26.4 Å². The minimum atomic E-state index is -0.895. The maximum Gasteiger partial charge on any atom is 0.417 e. The molecular formula is C20H21FN4O5. The van der Waals surface area contributed by atoms with E-state index >= 15 is 0 Å². The van der Waals surface area contributed by atoms with Crippen LogP contribution < -0.4 is 15.4 Å². The summed E-state index contributed by atoms with van der Waals surface area (Å²) in [5, 5.41) is 11.5. The molecule has 2 rings (SSSR count). The lowest BCUT2D eigenvalue weighted by Gasteiger charge is -2.25. The number of carbonyl (C=O) groups is 1. The molecule has 0 saturated carbocycles. The number of ether oxygens (including phenoxy) is 2. The number of rotatable bonds is 4. The van der Waals surface area contributed by atoms with Gasteiger partial charge in [0.2, 0.25) is 11.7 Å². The Hall–Kier alpha value is -3.87. The van der Waals surface area contributed by atoms with Crippen molar-refractivity contribution in [3.8, 4) is 17.7 Å². The normalized spacial score (nSPS) is 10.6. The largest absolute Gasteiger partial charge is 0.481 e. The van der Waals surface area contributed by atoms with Gasteiger partial charge in [-0.3, -0.25) is 10.1 Å². The molecule has 158 valence electrons. The molecule has 2 N–H and O–H groups in total. The molecule has 0 aliphatic heterocycles. The van der Waals surface area contributed by atoms with Crippen LogP contribution >= 0.6 is 0 Å². The number of nitrogens with zero attached hydrogens (tertiary/aromatic N) is 3. The van der Waals surface area contributed by atoms with Crippen LogP contribution in [0.3, 0.4) is 0 Å². The van der Waals surface area contributed by atoms with Gasteiger partial charge in [-0.1, -0.05) is 11.8 Å². The summed E-state index contributed by atoms with van der Waals surface area (Å²) in [6.07, 6.45) is -0.895. The van der Waals surface area contributed by atoms with Crippen molar-refractivity contribution in [1.29, 1.82) is 0 Å². The van der Waals surface area contributed by atoms with Gasteiger partial charge in [-0.2, -0.15) is 4.98 Å². The van der Waals surface area contributed by atoms with Crippen molar-refractivity contribution in [3.05, 3.63) is 51.8 Å². The Morgan fingerprint density at radius 2 is 2.03 bits per heavy atom. The average molecular weight is 416 g/mol. The number of halogens is 1. The highest BCUT2D eigenvalue weighted by atomic mass is 19.1. The molecule has 1 aromatic heterocycles. The molecule has 0 saturated heterocycles. The quantitative estimate of drug-likeness (QED) is 0.350. The van der Waals surface area contributed by atoms with Gasteiger partial charge in [-0.25, -0.2) is 14.1 Å². The van der Waals surface area contributed by atoms with Gasteiger partial charge >= 0.3 is 11.8 Å². The molecule has 10 heteroatoms. The van der Waals surface area contributed by atoms with E-state index in [9.17, 15) is 19.3 Å². The molecule has 0 radical (unpaired) electrons. The third-order valence-electron chi connectivity index (χ3n) is 3.58. The number of anilines is 2. The molecule has 0 spiro atoms. The molecule has 9 nitrogen and oxygen atoms in total. The van der Waals surface area contributed by atoms with E-state index in [4.69, 9.17) is 15.2 Å². The molecule has 0 bridgehead atoms. The van der Waals surface area contributed by atoms with E-state index in [-0.39, 0.29) is 29.5 Å². The first-order chi connectivity index (χ1) is 14.0. The van der Waals surface area contributed by atoms with Gasteiger partial charge < -0.3 is 15.2 Å². The highest BCUT2D eigenvalue weighted by molar-refractivity contribution is 5.90. The fourth-order valence-electron chi connectivity index (χ4n) is 2.27. The number of hydrogen-bond acceptors (Lipinski definition) is 7. The maximum absolute atomic E-state index is 13.4. The van der Waals surface area contributed by atoms with Crippen molar-refractivity contribution >= 4 is 23.3 Å². The van der Waals surface area contributed by atoms with E-state index in [1.807, 2.05) is 0 Å². The van der Waals surface area contributed by atoms with Crippen molar-refractivity contribution < 1.29 is 23.6 Å². The zero-order valence-electron chi connectivity index (χ0n) is 16.9. The molecule has 30 heavy (non-hydrogen) atoms. The monoisotopic (exact) mass is 416 g/mol. The van der Waals surface area contributed by atoms with Gasteiger partial charge in [0.05, 0.1) is 24.1 Å². The Morgan fingerprint density at radius 1 is 1.33 bits per heavy atom. The second-order valence-corrected chi connectivity index (χ2v) is 7.05. The summed E-state index contributed by atoms with van der Waals surface area (Å²) in [6, 6.07) is 6.16. The van der Waals surface area contributed by atoms with Crippen LogP contribution in [-0.4, -0.2) is 35.3 Å². The minimum absolute atomic E-state index is 0.0616. The molecule has 1 aromatic carbocycles. The molecule has 0 unspecified atom stereocenters. The number of hydrogen-bond donors (Lipinski definition) is 1. The summed E-state index contributed by atoms with van der Waals surface area (Å²) < 4.78 is 23.8. The first kappa shape index (κ1) is 22.4. The first-order valence-electron chi connectivity index (χ1n) is 8.75. The lowest BCUT2D eigenvalue weighted by Crippen LogP contribution is -2.38. The topological polar surface area (TPSA) is 121 Å². The van der Waals surface area contributed by atoms with Crippen LogP contribution in [0.2, 0.25) is 0 Å². The minimum Gasteiger partial charge on any atom is -0.481 e. The van der Waals surface area contributed by atoms with Crippen molar-refractivity contribution in [2.75, 3.05) is 24.3 Å². The summed E-state index contributed by atoms with van der Waals surface area (Å²) in [5.74, 6) is 4.56. The summed E-state index contributed by atoms with van der Waals surface area (Å²) in [5.41, 5.74) is 4.93. The zero-order chi connectivity index (χ0) is 22.5. The fourth-order valence-corrected chi connectivity index (χ4v) is 2.27. The molecule has 0 aliphatic carbocycles. The van der Waals surface area contributed by atoms with Gasteiger partial charge in [0.1, 0.15) is 11.4 Å². The summed E-state index contributed by atoms with van der Waals surface area (Å²) in [4.78, 5) is 28.5. The van der Waals surface area contributed by atoms with Crippen molar-refractivity contribution in [2.45, 2.75) is 26.4 Å². The van der Waals surface area contributed by atoms with Crippen molar-refractivity contribution in [3.63, 3.8) is 0 Å². The van der Waals surface area contributed by atoms with Gasteiger partial charge in [0.15, 0.2) is 0 Å². The predicted molar refractivity (Wildman–Crippen MR) is 109 cm³/mol. The van der Waals surface area contributed by atoms with Crippen LogP contribution in [0.1, 0.15) is 26.3 Å². The Labute approximate surface area is 172 Å². The van der Waals surface area contributed by atoms with Crippen LogP contribution in [0.5, 0.6) is 5.88 Å². The number of methoxy groups -OCH3 is 1. The van der Waals surface area contributed by atoms with Gasteiger partial charge in [0.25, 0.3) is 0 Å². The first-order valence-corrected chi connectivity index (χ1v) is 8.75. The van der Waals surface area contributed by atoms with E-state index in [0.717, 1.165) is 17.0 Å². The van der Waals surface area contributed by atoms with E-state index in [1.165, 1.54) is 25.3 Å². The lowest BCUT2D eigenvalue weighted by atomic mass is 10.2. The third-order valence-corrected chi connectivity index (χ3v) is 3.58. The molecule has 0 atom stereocenters. The highest BCUT2D eigenvalue weighted by Gasteiger charge is 2.30. The van der Waals surface area contributed by atoms with E-state index in [2.05, 4.69) is 16.8 Å². The smallest absolute Gasteiger partial charge is 0.417 e. The second-order valence-electron chi connectivity index (χ2n) is 7.05. The standard InChI is InChI=1S/C20H21FN4O5/c1-20(2,3)30-19(26)24(11-5-6-13-12-14(21)7-8-15(13)22)18-16(25(27)28)9-10-17(23-18)29-4/h7-10,12H,11,22H2,1-4H3. The van der Waals surface area contributed by atoms with Crippen LogP contribution in [0, 0.1) is 27.8 Å². The molecule has 1 amide bonds. The Bertz CT molecular complexity index is 1020. The van der Waals surface area contributed by atoms with E-state index < -0.39 is 28.1 Å². The Morgan fingerprint density at radius 3 is 2.63 bits per heavy atom. The van der Waals surface area contributed by atoms with Gasteiger partial charge in [0, 0.05) is 17.8 Å². The molecule has 2 aromatic rings. The number of aromatic nitrogens is 1. The number of nitro groups is 1. The van der Waals surface area contributed by atoms with Crippen LogP contribution in [0.15, 0.2) is 30.3 Å². The molecule has 0 aliphatic rings. The SMILES string of the molecule is COc1ccc([N+](=O)[O-])c(N(CC#Cc2cc(F)ccc2N)C(=O)OC(C)(C)C)n1. The Balaban J connectivity index is 2.49. The average Bonchev–Trinajstić information content (AvgIpc) is 2.65. The van der Waals surface area contributed by atoms with Crippen molar-refractivity contribution in [2.24, 2.45) is 0 Å². The van der Waals surface area contributed by atoms with E-state index in [1.54, 1.807) is 20.8 Å². The highest BCUT2D eigenvalue weighted by Crippen LogP contribution is 2.29. The van der Waals surface area contributed by atoms with Gasteiger partial charge in [-0.05, 0) is 39.0 Å². The third kappa shape index (κ3) is 5.81. The summed E-state index contributed by atoms with van der Waals surface area (Å²) >= 11 is 0. The Kier molecular flexibility index (Phi) is 6.79. The summed E-state index contributed by atoms with van der Waals surface area (Å²) in [6.45, 7) is 4.62. The number of pyridine rings is 1. The molecule has 1 heterocycles. The van der Waals surface area contributed by atoms with Gasteiger partial charge in [-0.15, -0.1) is 0 Å². The summed E-state index contributed by atoms with van der Waals surface area (Å²) in [7, 11) is 1.34. The zero-order valence-corrected chi connectivity index (χ0v) is 16.9. The molecule has 0 fully saturated rings. The number of nitrogen functional groups attached to an aromatic ring is 1. The predicted octanol–water partition coefficient (Wildman–Crippen LogP) is 3.51. The van der Waals surface area contributed by atoms with Crippen LogP contribution in [0.25, 0.3) is 0 Å².